The van der Waals surface area contributed by atoms with E-state index >= 15 is 0 Å². The molecule has 1 fully saturated rings. The normalized spacial score (nSPS) is 23.2. The number of benzene rings is 1. The SMILES string of the molecule is CC(C)N1CC(C(=O)O)C(c2ccc(N(C)C)cc2)C1. The number of nitrogens with zero attached hydrogens (tertiary/aromatic N) is 2. The van der Waals surface area contributed by atoms with E-state index in [1.54, 1.807) is 0 Å². The summed E-state index contributed by atoms with van der Waals surface area (Å²) in [5, 5.41) is 9.45. The largest absolute Gasteiger partial charge is 0.481 e. The average molecular weight is 276 g/mol. The van der Waals surface area contributed by atoms with Gasteiger partial charge in [0.1, 0.15) is 0 Å². The van der Waals surface area contributed by atoms with Gasteiger partial charge in [-0.25, -0.2) is 0 Å². The van der Waals surface area contributed by atoms with E-state index in [4.69, 9.17) is 0 Å². The van der Waals surface area contributed by atoms with Crippen LogP contribution in [0.5, 0.6) is 0 Å². The number of hydrogen-bond donors (Lipinski definition) is 1. The van der Waals surface area contributed by atoms with Crippen LogP contribution in [-0.4, -0.2) is 49.2 Å². The lowest BCUT2D eigenvalue weighted by Crippen LogP contribution is -2.29. The van der Waals surface area contributed by atoms with Crippen LogP contribution in [0.4, 0.5) is 5.69 Å². The summed E-state index contributed by atoms with van der Waals surface area (Å²) in [6.07, 6.45) is 0. The molecule has 0 spiro atoms. The van der Waals surface area contributed by atoms with E-state index in [1.165, 1.54) is 0 Å². The van der Waals surface area contributed by atoms with Crippen LogP contribution in [-0.2, 0) is 4.79 Å². The van der Waals surface area contributed by atoms with Crippen molar-refractivity contribution in [3.05, 3.63) is 29.8 Å². The first-order valence-corrected chi connectivity index (χ1v) is 7.14. The number of carbonyl (C=O) groups is 1. The highest BCUT2D eigenvalue weighted by Crippen LogP contribution is 2.34. The molecule has 2 unspecified atom stereocenters. The minimum atomic E-state index is -0.685. The van der Waals surface area contributed by atoms with Gasteiger partial charge in [-0.2, -0.15) is 0 Å². The lowest BCUT2D eigenvalue weighted by Gasteiger charge is -2.20. The summed E-state index contributed by atoms with van der Waals surface area (Å²) >= 11 is 0. The average Bonchev–Trinajstić information content (AvgIpc) is 2.84. The molecular formula is C16H24N2O2. The second-order valence-corrected chi connectivity index (χ2v) is 6.08. The Labute approximate surface area is 121 Å². The Hall–Kier alpha value is -1.55. The van der Waals surface area contributed by atoms with Crippen molar-refractivity contribution in [2.24, 2.45) is 5.92 Å². The molecule has 1 N–H and O–H groups in total. The van der Waals surface area contributed by atoms with Crippen molar-refractivity contribution in [2.75, 3.05) is 32.1 Å². The van der Waals surface area contributed by atoms with E-state index in [9.17, 15) is 9.90 Å². The maximum absolute atomic E-state index is 11.5. The second kappa shape index (κ2) is 5.83. The highest BCUT2D eigenvalue weighted by molar-refractivity contribution is 5.72. The monoisotopic (exact) mass is 276 g/mol. The molecule has 110 valence electrons. The van der Waals surface area contributed by atoms with E-state index in [1.807, 2.05) is 19.0 Å². The molecule has 2 atom stereocenters. The maximum Gasteiger partial charge on any atom is 0.308 e. The van der Waals surface area contributed by atoms with Gasteiger partial charge in [-0.05, 0) is 31.5 Å². The Kier molecular flexibility index (Phi) is 4.33. The molecule has 4 nitrogen and oxygen atoms in total. The van der Waals surface area contributed by atoms with Gasteiger partial charge in [0, 0.05) is 44.8 Å². The Morgan fingerprint density at radius 2 is 1.85 bits per heavy atom. The molecule has 1 heterocycles. The van der Waals surface area contributed by atoms with Gasteiger partial charge in [-0.1, -0.05) is 12.1 Å². The molecule has 0 radical (unpaired) electrons. The summed E-state index contributed by atoms with van der Waals surface area (Å²) in [4.78, 5) is 15.8. The van der Waals surface area contributed by atoms with Crippen molar-refractivity contribution in [1.82, 2.24) is 4.90 Å². The molecule has 0 aromatic heterocycles. The van der Waals surface area contributed by atoms with E-state index in [0.29, 0.717) is 12.6 Å². The fourth-order valence-corrected chi connectivity index (χ4v) is 2.86. The van der Waals surface area contributed by atoms with Crippen molar-refractivity contribution in [3.63, 3.8) is 0 Å². The highest BCUT2D eigenvalue weighted by atomic mass is 16.4. The molecule has 1 saturated heterocycles. The first-order chi connectivity index (χ1) is 9.40. The summed E-state index contributed by atoms with van der Waals surface area (Å²) < 4.78 is 0. The fourth-order valence-electron chi connectivity index (χ4n) is 2.86. The lowest BCUT2D eigenvalue weighted by molar-refractivity contribution is -0.141. The molecule has 1 aromatic carbocycles. The summed E-state index contributed by atoms with van der Waals surface area (Å²) in [5.41, 5.74) is 2.27. The van der Waals surface area contributed by atoms with Crippen LogP contribution in [0.2, 0.25) is 0 Å². The van der Waals surface area contributed by atoms with Crippen LogP contribution in [0.3, 0.4) is 0 Å². The third-order valence-corrected chi connectivity index (χ3v) is 4.23. The van der Waals surface area contributed by atoms with Crippen LogP contribution in [0.25, 0.3) is 0 Å². The van der Waals surface area contributed by atoms with Gasteiger partial charge in [0.15, 0.2) is 0 Å². The van der Waals surface area contributed by atoms with Crippen LogP contribution in [0, 0.1) is 5.92 Å². The highest BCUT2D eigenvalue weighted by Gasteiger charge is 2.39. The predicted octanol–water partition coefficient (Wildman–Crippen LogP) is 2.26. The minimum absolute atomic E-state index is 0.0890. The smallest absolute Gasteiger partial charge is 0.308 e. The molecule has 0 aliphatic carbocycles. The van der Waals surface area contributed by atoms with E-state index < -0.39 is 5.97 Å². The van der Waals surface area contributed by atoms with Gasteiger partial charge in [0.2, 0.25) is 0 Å². The number of rotatable bonds is 4. The first-order valence-electron chi connectivity index (χ1n) is 7.14. The molecule has 1 aliphatic heterocycles. The second-order valence-electron chi connectivity index (χ2n) is 6.08. The Balaban J connectivity index is 2.22. The third-order valence-electron chi connectivity index (χ3n) is 4.23. The van der Waals surface area contributed by atoms with E-state index in [0.717, 1.165) is 17.8 Å². The van der Waals surface area contributed by atoms with E-state index in [-0.39, 0.29) is 11.8 Å². The molecule has 20 heavy (non-hydrogen) atoms. The number of hydrogen-bond acceptors (Lipinski definition) is 3. The van der Waals surface area contributed by atoms with Gasteiger partial charge in [0.25, 0.3) is 0 Å². The summed E-state index contributed by atoms with van der Waals surface area (Å²) in [6, 6.07) is 8.65. The summed E-state index contributed by atoms with van der Waals surface area (Å²) in [5.74, 6) is -0.899. The molecule has 1 aliphatic rings. The Morgan fingerprint density at radius 3 is 2.30 bits per heavy atom. The quantitative estimate of drug-likeness (QED) is 0.916. The fraction of sp³-hybridized carbons (Fsp3) is 0.562. The van der Waals surface area contributed by atoms with Crippen molar-refractivity contribution < 1.29 is 9.90 Å². The zero-order valence-electron chi connectivity index (χ0n) is 12.7. The summed E-state index contributed by atoms with van der Waals surface area (Å²) in [6.45, 7) is 5.72. The van der Waals surface area contributed by atoms with Gasteiger partial charge in [0.05, 0.1) is 5.92 Å². The predicted molar refractivity (Wildman–Crippen MR) is 81.3 cm³/mol. The number of aliphatic carboxylic acids is 1. The number of carboxylic acids is 1. The Morgan fingerprint density at radius 1 is 1.25 bits per heavy atom. The molecule has 0 amide bonds. The minimum Gasteiger partial charge on any atom is -0.481 e. The van der Waals surface area contributed by atoms with Gasteiger partial charge in [-0.3, -0.25) is 9.69 Å². The summed E-state index contributed by atoms with van der Waals surface area (Å²) in [7, 11) is 4.01. The van der Waals surface area contributed by atoms with Crippen LogP contribution < -0.4 is 4.90 Å². The van der Waals surface area contributed by atoms with Crippen LogP contribution >= 0.6 is 0 Å². The van der Waals surface area contributed by atoms with Crippen molar-refractivity contribution in [3.8, 4) is 0 Å². The number of carboxylic acid groups (broad SMARTS) is 1. The Bertz CT molecular complexity index is 468. The molecular weight excluding hydrogens is 252 g/mol. The van der Waals surface area contributed by atoms with Crippen molar-refractivity contribution in [2.45, 2.75) is 25.8 Å². The zero-order valence-corrected chi connectivity index (χ0v) is 12.7. The standard InChI is InChI=1S/C16H24N2O2/c1-11(2)18-9-14(15(10-18)16(19)20)12-5-7-13(8-6-12)17(3)4/h5-8,11,14-15H,9-10H2,1-4H3,(H,19,20). The van der Waals surface area contributed by atoms with Crippen LogP contribution in [0.15, 0.2) is 24.3 Å². The number of anilines is 1. The van der Waals surface area contributed by atoms with Crippen molar-refractivity contribution >= 4 is 11.7 Å². The van der Waals surface area contributed by atoms with Gasteiger partial charge < -0.3 is 10.0 Å². The topological polar surface area (TPSA) is 43.8 Å². The molecule has 4 heteroatoms. The van der Waals surface area contributed by atoms with Crippen molar-refractivity contribution in [1.29, 1.82) is 0 Å². The molecule has 1 aromatic rings. The first kappa shape index (κ1) is 14.9. The lowest BCUT2D eigenvalue weighted by atomic mass is 9.89. The van der Waals surface area contributed by atoms with E-state index in [2.05, 4.69) is 43.0 Å². The molecule has 2 rings (SSSR count). The zero-order chi connectivity index (χ0) is 14.9. The van der Waals surface area contributed by atoms with Gasteiger partial charge in [-0.15, -0.1) is 0 Å². The van der Waals surface area contributed by atoms with Gasteiger partial charge >= 0.3 is 5.97 Å². The maximum atomic E-state index is 11.5. The molecule has 0 bridgehead atoms. The molecule has 0 saturated carbocycles. The van der Waals surface area contributed by atoms with Crippen LogP contribution in [0.1, 0.15) is 25.3 Å². The third kappa shape index (κ3) is 2.96. The number of likely N-dealkylation sites (tertiary alicyclic amines) is 1.